The van der Waals surface area contributed by atoms with Crippen molar-refractivity contribution in [3.63, 3.8) is 0 Å². The molecule has 92 valence electrons. The van der Waals surface area contributed by atoms with Gasteiger partial charge in [0.1, 0.15) is 6.10 Å². The average Bonchev–Trinajstić information content (AvgIpc) is 2.33. The van der Waals surface area contributed by atoms with Crippen molar-refractivity contribution in [2.24, 2.45) is 0 Å². The number of likely N-dealkylation sites (tertiary alicyclic amines) is 1. The van der Waals surface area contributed by atoms with Gasteiger partial charge in [-0.2, -0.15) is 0 Å². The van der Waals surface area contributed by atoms with E-state index in [0.29, 0.717) is 0 Å². The molecular formula is C11H21N3O2. The van der Waals surface area contributed by atoms with E-state index in [1.807, 2.05) is 0 Å². The molecule has 2 aliphatic rings. The maximum Gasteiger partial charge on any atom is 0.410 e. The van der Waals surface area contributed by atoms with Crippen LogP contribution in [-0.4, -0.2) is 68.3 Å². The fourth-order valence-electron chi connectivity index (χ4n) is 2.17. The number of hydrogen-bond donors (Lipinski definition) is 1. The highest BCUT2D eigenvalue weighted by Crippen LogP contribution is 2.13. The van der Waals surface area contributed by atoms with Crippen LogP contribution in [0.3, 0.4) is 0 Å². The first-order valence-electron chi connectivity index (χ1n) is 6.10. The third-order valence-corrected chi connectivity index (χ3v) is 3.31. The Hall–Kier alpha value is -0.810. The third-order valence-electron chi connectivity index (χ3n) is 3.31. The summed E-state index contributed by atoms with van der Waals surface area (Å²) >= 11 is 0. The number of hydrogen-bond acceptors (Lipinski definition) is 4. The van der Waals surface area contributed by atoms with E-state index < -0.39 is 0 Å². The highest BCUT2D eigenvalue weighted by molar-refractivity contribution is 5.68. The Morgan fingerprint density at radius 3 is 2.44 bits per heavy atom. The molecule has 2 heterocycles. The average molecular weight is 227 g/mol. The second kappa shape index (κ2) is 5.50. The van der Waals surface area contributed by atoms with Crippen molar-refractivity contribution in [2.45, 2.75) is 18.9 Å². The largest absolute Gasteiger partial charge is 0.446 e. The van der Waals surface area contributed by atoms with Crippen molar-refractivity contribution in [2.75, 3.05) is 46.3 Å². The molecule has 0 unspecified atom stereocenters. The molecule has 0 spiro atoms. The summed E-state index contributed by atoms with van der Waals surface area (Å²) < 4.78 is 5.51. The Balaban J connectivity index is 1.73. The van der Waals surface area contributed by atoms with E-state index in [-0.39, 0.29) is 12.2 Å². The SMILES string of the molecule is CN1CCC(OC(=O)N2CCNCC2)CC1. The van der Waals surface area contributed by atoms with Crippen LogP contribution in [0.15, 0.2) is 0 Å². The van der Waals surface area contributed by atoms with Crippen LogP contribution in [0, 0.1) is 0 Å². The third kappa shape index (κ3) is 3.09. The summed E-state index contributed by atoms with van der Waals surface area (Å²) in [4.78, 5) is 15.9. The molecule has 0 atom stereocenters. The molecule has 0 aromatic carbocycles. The monoisotopic (exact) mass is 227 g/mol. The molecule has 16 heavy (non-hydrogen) atoms. The van der Waals surface area contributed by atoms with Crippen LogP contribution in [-0.2, 0) is 4.74 Å². The van der Waals surface area contributed by atoms with Crippen molar-refractivity contribution >= 4 is 6.09 Å². The number of amides is 1. The topological polar surface area (TPSA) is 44.8 Å². The lowest BCUT2D eigenvalue weighted by Gasteiger charge is -2.32. The van der Waals surface area contributed by atoms with Crippen molar-refractivity contribution in [3.8, 4) is 0 Å². The number of rotatable bonds is 1. The smallest absolute Gasteiger partial charge is 0.410 e. The molecule has 0 aromatic rings. The van der Waals surface area contributed by atoms with Gasteiger partial charge in [-0.25, -0.2) is 4.79 Å². The molecule has 0 radical (unpaired) electrons. The van der Waals surface area contributed by atoms with Gasteiger partial charge in [0.15, 0.2) is 0 Å². The maximum absolute atomic E-state index is 11.8. The number of carbonyl (C=O) groups is 1. The molecule has 2 fully saturated rings. The molecule has 5 nitrogen and oxygen atoms in total. The van der Waals surface area contributed by atoms with E-state index in [2.05, 4.69) is 17.3 Å². The summed E-state index contributed by atoms with van der Waals surface area (Å²) in [6.45, 7) is 5.35. The Morgan fingerprint density at radius 1 is 1.19 bits per heavy atom. The zero-order valence-corrected chi connectivity index (χ0v) is 9.95. The van der Waals surface area contributed by atoms with E-state index in [1.54, 1.807) is 4.90 Å². The lowest BCUT2D eigenvalue weighted by molar-refractivity contribution is 0.0309. The van der Waals surface area contributed by atoms with E-state index in [9.17, 15) is 4.79 Å². The van der Waals surface area contributed by atoms with Gasteiger partial charge in [-0.15, -0.1) is 0 Å². The summed E-state index contributed by atoms with van der Waals surface area (Å²) in [6, 6.07) is 0. The standard InChI is InChI=1S/C11H21N3O2/c1-13-6-2-10(3-7-13)16-11(15)14-8-4-12-5-9-14/h10,12H,2-9H2,1H3. The van der Waals surface area contributed by atoms with Crippen molar-refractivity contribution in [3.05, 3.63) is 0 Å². The van der Waals surface area contributed by atoms with Crippen LogP contribution in [0.1, 0.15) is 12.8 Å². The summed E-state index contributed by atoms with van der Waals surface area (Å²) in [5.74, 6) is 0. The van der Waals surface area contributed by atoms with Gasteiger partial charge in [0.05, 0.1) is 0 Å². The van der Waals surface area contributed by atoms with Gasteiger partial charge >= 0.3 is 6.09 Å². The molecule has 5 heteroatoms. The van der Waals surface area contributed by atoms with Gasteiger partial charge in [0, 0.05) is 39.3 Å². The molecule has 2 rings (SSSR count). The first-order chi connectivity index (χ1) is 7.75. The van der Waals surface area contributed by atoms with Gasteiger partial charge in [-0.3, -0.25) is 0 Å². The summed E-state index contributed by atoms with van der Waals surface area (Å²) in [5, 5.41) is 3.22. The molecule has 0 bridgehead atoms. The first-order valence-corrected chi connectivity index (χ1v) is 6.10. The predicted octanol–water partition coefficient (Wildman–Crippen LogP) is 0.122. The van der Waals surface area contributed by atoms with Crippen LogP contribution in [0.25, 0.3) is 0 Å². The van der Waals surface area contributed by atoms with E-state index in [4.69, 9.17) is 4.74 Å². The Bertz CT molecular complexity index is 233. The van der Waals surface area contributed by atoms with Gasteiger partial charge < -0.3 is 19.9 Å². The van der Waals surface area contributed by atoms with Crippen LogP contribution in [0.5, 0.6) is 0 Å². The number of ether oxygens (including phenoxy) is 1. The van der Waals surface area contributed by atoms with Crippen LogP contribution >= 0.6 is 0 Å². The second-order valence-electron chi connectivity index (χ2n) is 4.62. The zero-order chi connectivity index (χ0) is 11.4. The van der Waals surface area contributed by atoms with Crippen molar-refractivity contribution in [1.82, 2.24) is 15.1 Å². The molecule has 0 aliphatic carbocycles. The fraction of sp³-hybridized carbons (Fsp3) is 0.909. The molecule has 1 amide bonds. The summed E-state index contributed by atoms with van der Waals surface area (Å²) in [5.41, 5.74) is 0. The highest BCUT2D eigenvalue weighted by atomic mass is 16.6. The Kier molecular flexibility index (Phi) is 4.01. The molecule has 0 aromatic heterocycles. The quantitative estimate of drug-likeness (QED) is 0.691. The van der Waals surface area contributed by atoms with E-state index >= 15 is 0 Å². The Morgan fingerprint density at radius 2 is 1.81 bits per heavy atom. The van der Waals surface area contributed by atoms with Gasteiger partial charge in [0.25, 0.3) is 0 Å². The van der Waals surface area contributed by atoms with Crippen LogP contribution < -0.4 is 5.32 Å². The number of piperidine rings is 1. The number of carbonyl (C=O) groups excluding carboxylic acids is 1. The fourth-order valence-corrected chi connectivity index (χ4v) is 2.17. The second-order valence-corrected chi connectivity index (χ2v) is 4.62. The first kappa shape index (κ1) is 11.7. The predicted molar refractivity (Wildman–Crippen MR) is 61.4 cm³/mol. The minimum atomic E-state index is -0.129. The van der Waals surface area contributed by atoms with Crippen LogP contribution in [0.2, 0.25) is 0 Å². The van der Waals surface area contributed by atoms with Crippen molar-refractivity contribution in [1.29, 1.82) is 0 Å². The minimum Gasteiger partial charge on any atom is -0.446 e. The molecular weight excluding hydrogens is 206 g/mol. The summed E-state index contributed by atoms with van der Waals surface area (Å²) in [6.07, 6.45) is 1.93. The van der Waals surface area contributed by atoms with E-state index in [0.717, 1.165) is 52.1 Å². The molecule has 0 saturated carbocycles. The van der Waals surface area contributed by atoms with Gasteiger partial charge in [0.2, 0.25) is 0 Å². The van der Waals surface area contributed by atoms with Crippen LogP contribution in [0.4, 0.5) is 4.79 Å². The minimum absolute atomic E-state index is 0.124. The van der Waals surface area contributed by atoms with Gasteiger partial charge in [-0.1, -0.05) is 0 Å². The van der Waals surface area contributed by atoms with Gasteiger partial charge in [-0.05, 0) is 19.9 Å². The lowest BCUT2D eigenvalue weighted by atomic mass is 10.1. The normalized spacial score (nSPS) is 24.4. The number of nitrogens with one attached hydrogen (secondary N) is 1. The number of nitrogens with zero attached hydrogens (tertiary/aromatic N) is 2. The molecule has 2 aliphatic heterocycles. The van der Waals surface area contributed by atoms with E-state index in [1.165, 1.54) is 0 Å². The molecule has 1 N–H and O–H groups in total. The number of piperazine rings is 1. The molecule has 2 saturated heterocycles. The Labute approximate surface area is 96.7 Å². The highest BCUT2D eigenvalue weighted by Gasteiger charge is 2.24. The van der Waals surface area contributed by atoms with Crippen molar-refractivity contribution < 1.29 is 9.53 Å². The summed E-state index contributed by atoms with van der Waals surface area (Å²) in [7, 11) is 2.11. The zero-order valence-electron chi connectivity index (χ0n) is 9.95. The maximum atomic E-state index is 11.8. The lowest BCUT2D eigenvalue weighted by Crippen LogP contribution is -2.48.